The number of halogens is 1. The number of nitrogens with zero attached hydrogens (tertiary/aromatic N) is 2. The third-order valence-corrected chi connectivity index (χ3v) is 13.4. The van der Waals surface area contributed by atoms with E-state index in [1.807, 2.05) is 19.9 Å². The lowest BCUT2D eigenvalue weighted by Crippen LogP contribution is -2.63. The summed E-state index contributed by atoms with van der Waals surface area (Å²) in [5.74, 6) is -1.77. The van der Waals surface area contributed by atoms with Crippen molar-refractivity contribution < 1.29 is 71.8 Å². The van der Waals surface area contributed by atoms with E-state index >= 15 is 0 Å². The number of likely N-dealkylation sites (N-methyl/N-ethyl adjacent to an activating group) is 1. The molecule has 70 heavy (non-hydrogen) atoms. The molecule has 0 spiro atoms. The zero-order chi connectivity index (χ0) is 51.6. The van der Waals surface area contributed by atoms with Crippen molar-refractivity contribution in [2.24, 2.45) is 5.92 Å². The number of methoxy groups -OCH3 is 2. The van der Waals surface area contributed by atoms with Crippen LogP contribution in [-0.4, -0.2) is 162 Å². The van der Waals surface area contributed by atoms with Gasteiger partial charge in [-0.15, -0.1) is 0 Å². The summed E-state index contributed by atoms with van der Waals surface area (Å²) in [5, 5.41) is 17.3. The predicted molar refractivity (Wildman–Crippen MR) is 259 cm³/mol. The Labute approximate surface area is 417 Å². The molecular formula is C50H75ClN4O15. The Balaban J connectivity index is 1.35. The first-order chi connectivity index (χ1) is 33.3. The van der Waals surface area contributed by atoms with Crippen molar-refractivity contribution in [3.8, 4) is 5.75 Å². The van der Waals surface area contributed by atoms with Crippen molar-refractivity contribution in [3.63, 3.8) is 0 Å². The van der Waals surface area contributed by atoms with Crippen LogP contribution >= 0.6 is 11.6 Å². The fourth-order valence-electron chi connectivity index (χ4n) is 8.40. The number of esters is 1. The van der Waals surface area contributed by atoms with Crippen molar-refractivity contribution in [3.05, 3.63) is 46.5 Å². The molecule has 0 saturated carbocycles. The second kappa shape index (κ2) is 27.8. The van der Waals surface area contributed by atoms with Gasteiger partial charge < -0.3 is 58.1 Å². The monoisotopic (exact) mass is 1010 g/mol. The van der Waals surface area contributed by atoms with Gasteiger partial charge in [-0.2, -0.15) is 0 Å². The minimum absolute atomic E-state index is 0.0703. The van der Waals surface area contributed by atoms with E-state index in [0.717, 1.165) is 11.1 Å². The standard InChI is InChI=1S/C50H75ClN4O15/c1-10-36(56)16-14-21-65-23-25-67-26-24-66-22-20-52-42(57)18-11-12-19-43(58)54(6)34(4)47(60)69-41-30-44(59)55(7)37-28-35(29-38(63-8)45(37)51)27-32(2)15-13-17-40(64-9)50(62)31-39(68-48(61)53-50)33(3)46-49(41,5)70-46/h13,15,17,28-29,33-34,39-41,46,62H,10-12,14,16,18-27,30-31H2,1-9H3,(H,52,57)(H,53,61)/b17-13+,32-15+/t33-,34+,39?,40-,41+,46+,49?,50+/m1/s1. The third kappa shape index (κ3) is 16.7. The second-order valence-corrected chi connectivity index (χ2v) is 18.7. The maximum atomic E-state index is 14.3. The average molecular weight is 1010 g/mol. The first-order valence-corrected chi connectivity index (χ1v) is 24.5. The summed E-state index contributed by atoms with van der Waals surface area (Å²) in [4.78, 5) is 80.9. The summed E-state index contributed by atoms with van der Waals surface area (Å²) in [7, 11) is 5.94. The lowest BCUT2D eigenvalue weighted by atomic mass is 9.83. The SMILES string of the molecule is CCC(=O)CCCOCCOCCOCCNC(=O)CCCCC(=O)N(C)[C@@H](C)C(=O)O[C@H]1CC(=O)N(C)c2cc(cc(OC)c2Cl)C/C(C)=C/C=C/[C@@H](OC)[C@@]2(O)CC(OC(=O)N2)[C@@H](C)[C@@H]2OC12C. The Kier molecular flexibility index (Phi) is 23.0. The van der Waals surface area contributed by atoms with Crippen molar-refractivity contribution >= 4 is 52.9 Å². The third-order valence-electron chi connectivity index (χ3n) is 13.0. The van der Waals surface area contributed by atoms with Crippen LogP contribution in [0.5, 0.6) is 5.75 Å². The predicted octanol–water partition coefficient (Wildman–Crippen LogP) is 5.00. The number of ether oxygens (including phenoxy) is 8. The summed E-state index contributed by atoms with van der Waals surface area (Å²) in [6.07, 6.45) is 3.48. The van der Waals surface area contributed by atoms with E-state index < -0.39 is 65.7 Å². The molecule has 4 bridgehead atoms. The van der Waals surface area contributed by atoms with Crippen molar-refractivity contribution in [1.82, 2.24) is 15.5 Å². The zero-order valence-electron chi connectivity index (χ0n) is 42.3. The Hall–Kier alpha value is -4.63. The van der Waals surface area contributed by atoms with Crippen molar-refractivity contribution in [2.45, 2.75) is 141 Å². The normalized spacial score (nSPS) is 26.4. The van der Waals surface area contributed by atoms with E-state index in [1.54, 1.807) is 45.2 Å². The number of benzene rings is 1. The van der Waals surface area contributed by atoms with Gasteiger partial charge >= 0.3 is 12.1 Å². The summed E-state index contributed by atoms with van der Waals surface area (Å²) in [6.45, 7) is 11.5. The number of Topliss-reactive ketones (excluding diaryl/α,β-unsaturated/α-hetero) is 1. The fraction of sp³-hybridized carbons (Fsp3) is 0.680. The van der Waals surface area contributed by atoms with Gasteiger partial charge in [-0.3, -0.25) is 24.5 Å². The molecule has 0 radical (unpaired) electrons. The van der Waals surface area contributed by atoms with Crippen molar-refractivity contribution in [1.29, 1.82) is 0 Å². The van der Waals surface area contributed by atoms with Crippen LogP contribution in [0.3, 0.4) is 0 Å². The van der Waals surface area contributed by atoms with Crippen LogP contribution < -0.4 is 20.3 Å². The van der Waals surface area contributed by atoms with Crippen LogP contribution in [0.25, 0.3) is 0 Å². The van der Waals surface area contributed by atoms with Crippen LogP contribution in [0.2, 0.25) is 5.02 Å². The van der Waals surface area contributed by atoms with Gasteiger partial charge in [0, 0.05) is 72.4 Å². The van der Waals surface area contributed by atoms with Gasteiger partial charge in [0.15, 0.2) is 5.72 Å². The molecule has 1 aromatic carbocycles. The molecule has 20 heteroatoms. The number of ketones is 1. The molecule has 4 amide bonds. The Bertz CT molecular complexity index is 2020. The number of carbonyl (C=O) groups is 6. The van der Waals surface area contributed by atoms with Gasteiger partial charge in [0.2, 0.25) is 17.7 Å². The molecule has 3 aliphatic rings. The number of epoxide rings is 1. The van der Waals surface area contributed by atoms with Crippen LogP contribution in [0.1, 0.15) is 98.0 Å². The molecular weight excluding hydrogens is 932 g/mol. The zero-order valence-corrected chi connectivity index (χ0v) is 43.1. The number of alkyl carbamates (subject to hydrolysis) is 1. The number of anilines is 1. The second-order valence-electron chi connectivity index (χ2n) is 18.3. The molecule has 2 unspecified atom stereocenters. The number of rotatable bonds is 24. The van der Waals surface area contributed by atoms with Gasteiger partial charge in [-0.1, -0.05) is 49.2 Å². The molecule has 0 aliphatic carbocycles. The summed E-state index contributed by atoms with van der Waals surface area (Å²) < 4.78 is 45.8. The number of nitrogens with one attached hydrogen (secondary N) is 2. The van der Waals surface area contributed by atoms with Crippen molar-refractivity contribution in [2.75, 3.05) is 79.4 Å². The number of hydrogen-bond donors (Lipinski definition) is 3. The Morgan fingerprint density at radius 2 is 1.69 bits per heavy atom. The summed E-state index contributed by atoms with van der Waals surface area (Å²) in [6, 6.07) is 2.48. The molecule has 1 aromatic rings. The summed E-state index contributed by atoms with van der Waals surface area (Å²) in [5.41, 5.74) is -1.08. The fourth-order valence-corrected chi connectivity index (χ4v) is 8.71. The Morgan fingerprint density at radius 1 is 1.01 bits per heavy atom. The van der Waals surface area contributed by atoms with E-state index in [-0.39, 0.29) is 48.3 Å². The van der Waals surface area contributed by atoms with Crippen LogP contribution in [0.4, 0.5) is 10.5 Å². The first-order valence-electron chi connectivity index (χ1n) is 24.1. The van der Waals surface area contributed by atoms with Gasteiger partial charge in [-0.05, 0) is 64.2 Å². The highest BCUT2D eigenvalue weighted by Gasteiger charge is 2.64. The number of hydrogen-bond acceptors (Lipinski definition) is 15. The van der Waals surface area contributed by atoms with Crippen LogP contribution in [0, 0.1) is 5.92 Å². The van der Waals surface area contributed by atoms with Crippen LogP contribution in [-0.2, 0) is 63.6 Å². The smallest absolute Gasteiger partial charge is 0.409 e. The van der Waals surface area contributed by atoms with E-state index in [0.29, 0.717) is 96.1 Å². The lowest BCUT2D eigenvalue weighted by Gasteiger charge is -2.42. The molecule has 3 heterocycles. The van der Waals surface area contributed by atoms with Gasteiger partial charge in [0.1, 0.15) is 46.5 Å². The highest BCUT2D eigenvalue weighted by Crippen LogP contribution is 2.49. The molecule has 0 aromatic heterocycles. The molecule has 8 atom stereocenters. The highest BCUT2D eigenvalue weighted by molar-refractivity contribution is 6.35. The molecule has 2 saturated heterocycles. The lowest BCUT2D eigenvalue weighted by molar-refractivity contribution is -0.162. The molecule has 3 N–H and O–H groups in total. The molecule has 2 fully saturated rings. The minimum atomic E-state index is -1.86. The quantitative estimate of drug-likeness (QED) is 0.0703. The topological polar surface area (TPSA) is 230 Å². The van der Waals surface area contributed by atoms with E-state index in [9.17, 15) is 33.9 Å². The average Bonchev–Trinajstić information content (AvgIpc) is 4.03. The first kappa shape index (κ1) is 57.9. The number of fused-ring (bicyclic) bond motifs is 5. The molecule has 3 aliphatic heterocycles. The summed E-state index contributed by atoms with van der Waals surface area (Å²) >= 11 is 6.80. The van der Waals surface area contributed by atoms with Crippen LogP contribution in [0.15, 0.2) is 35.9 Å². The number of carbonyl (C=O) groups excluding carboxylic acids is 6. The molecule has 392 valence electrons. The van der Waals surface area contributed by atoms with E-state index in [1.165, 1.54) is 38.0 Å². The van der Waals surface area contributed by atoms with Gasteiger partial charge in [-0.25, -0.2) is 9.59 Å². The maximum absolute atomic E-state index is 14.3. The van der Waals surface area contributed by atoms with Gasteiger partial charge in [0.05, 0.1) is 58.4 Å². The largest absolute Gasteiger partial charge is 0.495 e. The van der Waals surface area contributed by atoms with E-state index in [2.05, 4.69) is 10.6 Å². The minimum Gasteiger partial charge on any atom is -0.495 e. The molecule has 19 nitrogen and oxygen atoms in total. The molecule has 4 rings (SSSR count). The van der Waals surface area contributed by atoms with Gasteiger partial charge in [0.25, 0.3) is 0 Å². The number of unbranched alkanes of at least 4 members (excludes halogenated alkanes) is 1. The highest BCUT2D eigenvalue weighted by atomic mass is 35.5. The number of allylic oxidation sites excluding steroid dienone is 3. The number of amides is 4. The van der Waals surface area contributed by atoms with E-state index in [4.69, 9.17) is 49.5 Å². The number of aliphatic hydroxyl groups is 1. The maximum Gasteiger partial charge on any atom is 0.409 e. The Morgan fingerprint density at radius 3 is 2.36 bits per heavy atom.